The van der Waals surface area contributed by atoms with Crippen LogP contribution in [0.2, 0.25) is 0 Å². The van der Waals surface area contributed by atoms with E-state index in [0.717, 1.165) is 68.9 Å². The second-order valence-corrected chi connectivity index (χ2v) is 7.98. The van der Waals surface area contributed by atoms with E-state index in [0.29, 0.717) is 12.5 Å². The minimum atomic E-state index is 0. The molecule has 184 valence electrons. The fraction of sp³-hybridized carbons (Fsp3) is 0.583. The highest BCUT2D eigenvalue weighted by Gasteiger charge is 2.23. The number of guanidine groups is 1. The van der Waals surface area contributed by atoms with Gasteiger partial charge in [0.05, 0.1) is 38.6 Å². The van der Waals surface area contributed by atoms with Crippen LogP contribution in [0.5, 0.6) is 5.75 Å². The molecule has 1 saturated heterocycles. The summed E-state index contributed by atoms with van der Waals surface area (Å²) < 4.78 is 16.4. The topological polar surface area (TPSA) is 84.2 Å². The maximum Gasteiger partial charge on any atom is 0.191 e. The molecular weight excluding hydrogens is 533 g/mol. The molecule has 2 aromatic rings. The van der Waals surface area contributed by atoms with Crippen molar-refractivity contribution in [3.05, 3.63) is 47.3 Å². The van der Waals surface area contributed by atoms with Gasteiger partial charge in [0.1, 0.15) is 5.75 Å². The summed E-state index contributed by atoms with van der Waals surface area (Å²) in [7, 11) is 3.47. The number of hydrogen-bond acceptors (Lipinski definition) is 6. The molecule has 0 bridgehead atoms. The monoisotopic (exact) mass is 571 g/mol. The van der Waals surface area contributed by atoms with Gasteiger partial charge in [0.25, 0.3) is 0 Å². The first-order chi connectivity index (χ1) is 15.7. The Balaban J connectivity index is 0.00000385. The Hall–Kier alpha value is -1.85. The molecule has 0 saturated carbocycles. The summed E-state index contributed by atoms with van der Waals surface area (Å²) in [6, 6.07) is 10.5. The Morgan fingerprint density at radius 1 is 1.15 bits per heavy atom. The van der Waals surface area contributed by atoms with E-state index in [9.17, 15) is 0 Å². The third kappa shape index (κ3) is 7.86. The van der Waals surface area contributed by atoms with Crippen LogP contribution in [0.3, 0.4) is 0 Å². The number of aliphatic imine (C=N–C) groups is 1. The maximum absolute atomic E-state index is 5.56. The molecule has 0 radical (unpaired) electrons. The van der Waals surface area contributed by atoms with E-state index in [2.05, 4.69) is 51.7 Å². The molecule has 0 amide bonds. The molecule has 1 aliphatic rings. The van der Waals surface area contributed by atoms with Crippen molar-refractivity contribution in [3.8, 4) is 5.75 Å². The van der Waals surface area contributed by atoms with E-state index < -0.39 is 0 Å². The Morgan fingerprint density at radius 3 is 2.45 bits per heavy atom. The van der Waals surface area contributed by atoms with Crippen molar-refractivity contribution < 1.29 is 14.0 Å². The predicted molar refractivity (Wildman–Crippen MR) is 142 cm³/mol. The molecule has 8 nitrogen and oxygen atoms in total. The largest absolute Gasteiger partial charge is 0.497 e. The Bertz CT molecular complexity index is 833. The number of methoxy groups -OCH3 is 1. The summed E-state index contributed by atoms with van der Waals surface area (Å²) in [5.74, 6) is 2.86. The number of hydrogen-bond donors (Lipinski definition) is 2. The van der Waals surface area contributed by atoms with E-state index in [-0.39, 0.29) is 30.0 Å². The number of nitrogens with zero attached hydrogens (tertiary/aromatic N) is 3. The summed E-state index contributed by atoms with van der Waals surface area (Å²) in [5.41, 5.74) is 2.27. The summed E-state index contributed by atoms with van der Waals surface area (Å²) in [6.07, 6.45) is 2.13. The summed E-state index contributed by atoms with van der Waals surface area (Å²) in [6.45, 7) is 8.94. The number of benzene rings is 1. The molecule has 1 fully saturated rings. The lowest BCUT2D eigenvalue weighted by atomic mass is 9.99. The molecule has 1 atom stereocenters. The van der Waals surface area contributed by atoms with Crippen LogP contribution < -0.4 is 15.4 Å². The minimum absolute atomic E-state index is 0. The molecule has 1 unspecified atom stereocenters. The molecular formula is C24H38IN5O3. The normalized spacial score (nSPS) is 15.7. The first-order valence-corrected chi connectivity index (χ1v) is 11.5. The van der Waals surface area contributed by atoms with Crippen molar-refractivity contribution in [2.75, 3.05) is 47.0 Å². The van der Waals surface area contributed by atoms with Crippen molar-refractivity contribution in [2.24, 2.45) is 4.99 Å². The van der Waals surface area contributed by atoms with Gasteiger partial charge in [0.2, 0.25) is 0 Å². The Morgan fingerprint density at radius 2 is 1.85 bits per heavy atom. The molecule has 33 heavy (non-hydrogen) atoms. The van der Waals surface area contributed by atoms with Crippen LogP contribution in [0.15, 0.2) is 39.8 Å². The van der Waals surface area contributed by atoms with Gasteiger partial charge < -0.3 is 24.6 Å². The lowest BCUT2D eigenvalue weighted by Gasteiger charge is -2.35. The quantitative estimate of drug-likeness (QED) is 0.254. The second-order valence-electron chi connectivity index (χ2n) is 7.98. The van der Waals surface area contributed by atoms with Crippen LogP contribution in [-0.2, 0) is 11.3 Å². The fourth-order valence-electron chi connectivity index (χ4n) is 4.07. The van der Waals surface area contributed by atoms with Crippen LogP contribution >= 0.6 is 24.0 Å². The first-order valence-electron chi connectivity index (χ1n) is 11.5. The Labute approximate surface area is 214 Å². The highest BCUT2D eigenvalue weighted by atomic mass is 127. The van der Waals surface area contributed by atoms with Gasteiger partial charge in [-0.15, -0.1) is 24.0 Å². The van der Waals surface area contributed by atoms with Crippen molar-refractivity contribution in [1.29, 1.82) is 0 Å². The van der Waals surface area contributed by atoms with Crippen LogP contribution in [0.1, 0.15) is 55.7 Å². The zero-order valence-electron chi connectivity index (χ0n) is 20.2. The van der Waals surface area contributed by atoms with E-state index in [4.69, 9.17) is 14.0 Å². The lowest BCUT2D eigenvalue weighted by molar-refractivity contribution is 0.0170. The smallest absolute Gasteiger partial charge is 0.191 e. The van der Waals surface area contributed by atoms with Crippen molar-refractivity contribution in [1.82, 2.24) is 20.7 Å². The maximum atomic E-state index is 5.56. The standard InChI is InChI=1S/C24H37N5O3.HI/c1-5-18(6-2)22-15-21(32-28-22)16-26-24(25-3)27-17-23(29-11-13-31-14-12-29)19-7-9-20(30-4)10-8-19;/h7-10,15,18,23H,5-6,11-14,16-17H2,1-4H3,(H2,25,26,27);1H. The SMILES string of the molecule is CCC(CC)c1cc(CNC(=NC)NCC(c2ccc(OC)cc2)N2CCOCC2)on1.I. The summed E-state index contributed by atoms with van der Waals surface area (Å²) in [4.78, 5) is 6.83. The predicted octanol–water partition coefficient (Wildman–Crippen LogP) is 3.94. The van der Waals surface area contributed by atoms with E-state index >= 15 is 0 Å². The molecule has 1 aliphatic heterocycles. The second kappa shape index (κ2) is 14.4. The zero-order chi connectivity index (χ0) is 22.8. The Kier molecular flexibility index (Phi) is 12.0. The first kappa shape index (κ1) is 27.4. The summed E-state index contributed by atoms with van der Waals surface area (Å²) in [5, 5.41) is 11.1. The molecule has 1 aromatic carbocycles. The minimum Gasteiger partial charge on any atom is -0.497 e. The highest BCUT2D eigenvalue weighted by molar-refractivity contribution is 14.0. The van der Waals surface area contributed by atoms with Crippen LogP contribution in [0.4, 0.5) is 0 Å². The zero-order valence-corrected chi connectivity index (χ0v) is 22.5. The molecule has 3 rings (SSSR count). The van der Waals surface area contributed by atoms with Crippen molar-refractivity contribution in [3.63, 3.8) is 0 Å². The number of rotatable bonds is 10. The van der Waals surface area contributed by atoms with Gasteiger partial charge in [-0.05, 0) is 30.5 Å². The van der Waals surface area contributed by atoms with Gasteiger partial charge in [0.15, 0.2) is 11.7 Å². The van der Waals surface area contributed by atoms with Gasteiger partial charge in [-0.1, -0.05) is 31.1 Å². The number of nitrogens with one attached hydrogen (secondary N) is 2. The van der Waals surface area contributed by atoms with Gasteiger partial charge in [-0.25, -0.2) is 0 Å². The molecule has 1 aromatic heterocycles. The third-order valence-corrected chi connectivity index (χ3v) is 6.08. The van der Waals surface area contributed by atoms with Gasteiger partial charge in [-0.2, -0.15) is 0 Å². The molecule has 9 heteroatoms. The van der Waals surface area contributed by atoms with E-state index in [1.165, 1.54) is 5.56 Å². The number of ether oxygens (including phenoxy) is 2. The summed E-state index contributed by atoms with van der Waals surface area (Å²) >= 11 is 0. The van der Waals surface area contributed by atoms with E-state index in [1.807, 2.05) is 18.2 Å². The van der Waals surface area contributed by atoms with E-state index in [1.54, 1.807) is 14.2 Å². The van der Waals surface area contributed by atoms with Crippen LogP contribution in [0.25, 0.3) is 0 Å². The molecule has 2 heterocycles. The van der Waals surface area contributed by atoms with Gasteiger partial charge >= 0.3 is 0 Å². The molecule has 2 N–H and O–H groups in total. The van der Waals surface area contributed by atoms with Crippen LogP contribution in [-0.4, -0.2) is 63.0 Å². The van der Waals surface area contributed by atoms with Crippen molar-refractivity contribution >= 4 is 29.9 Å². The number of aromatic nitrogens is 1. The van der Waals surface area contributed by atoms with Gasteiger partial charge in [0, 0.05) is 38.7 Å². The fourth-order valence-corrected chi connectivity index (χ4v) is 4.07. The third-order valence-electron chi connectivity index (χ3n) is 6.08. The highest BCUT2D eigenvalue weighted by Crippen LogP contribution is 2.24. The average molecular weight is 572 g/mol. The number of morpholine rings is 1. The molecule has 0 spiro atoms. The number of halogens is 1. The van der Waals surface area contributed by atoms with Crippen LogP contribution in [0, 0.1) is 0 Å². The van der Waals surface area contributed by atoms with Crippen molar-refractivity contribution in [2.45, 2.75) is 45.2 Å². The van der Waals surface area contributed by atoms with Gasteiger partial charge in [-0.3, -0.25) is 9.89 Å². The lowest BCUT2D eigenvalue weighted by Crippen LogP contribution is -2.46. The molecule has 0 aliphatic carbocycles. The average Bonchev–Trinajstić information content (AvgIpc) is 3.31.